The number of rotatable bonds is 1. The Balaban J connectivity index is 0.000000980. The average molecular weight is 277 g/mol. The van der Waals surface area contributed by atoms with E-state index in [1.54, 1.807) is 0 Å². The molecule has 1 N–H and O–H groups in total. The predicted octanol–water partition coefficient (Wildman–Crippen LogP) is 3.60. The van der Waals surface area contributed by atoms with Gasteiger partial charge in [-0.05, 0) is 43.5 Å². The van der Waals surface area contributed by atoms with Gasteiger partial charge in [-0.3, -0.25) is 0 Å². The van der Waals surface area contributed by atoms with Crippen LogP contribution in [0.15, 0.2) is 22.7 Å². The summed E-state index contributed by atoms with van der Waals surface area (Å²) in [4.78, 5) is 0. The molecule has 78 valence electrons. The third kappa shape index (κ3) is 2.50. The molecule has 1 atom stereocenters. The molecule has 1 nitrogen and oxygen atoms in total. The molecule has 0 aromatic heterocycles. The lowest BCUT2D eigenvalue weighted by Crippen LogP contribution is -2.12. The second-order valence-electron chi connectivity index (χ2n) is 3.66. The van der Waals surface area contributed by atoms with E-state index in [1.807, 2.05) is 0 Å². The fourth-order valence-electron chi connectivity index (χ4n) is 1.79. The summed E-state index contributed by atoms with van der Waals surface area (Å²) in [5, 5.41) is 3.50. The zero-order valence-electron chi connectivity index (χ0n) is 8.22. The van der Waals surface area contributed by atoms with Crippen LogP contribution in [0.2, 0.25) is 0 Å². The second kappa shape index (κ2) is 5.15. The molecule has 1 aliphatic heterocycles. The number of halogens is 2. The molecule has 0 unspecified atom stereocenters. The maximum absolute atomic E-state index is 3.57. The van der Waals surface area contributed by atoms with Gasteiger partial charge in [0.1, 0.15) is 0 Å². The number of benzene rings is 1. The van der Waals surface area contributed by atoms with Crippen molar-refractivity contribution < 1.29 is 0 Å². The van der Waals surface area contributed by atoms with E-state index in [-0.39, 0.29) is 12.4 Å². The monoisotopic (exact) mass is 275 g/mol. The first-order chi connectivity index (χ1) is 6.27. The van der Waals surface area contributed by atoms with Crippen molar-refractivity contribution in [2.24, 2.45) is 0 Å². The Bertz CT molecular complexity index is 308. The highest BCUT2D eigenvalue weighted by atomic mass is 79.9. The minimum absolute atomic E-state index is 0. The summed E-state index contributed by atoms with van der Waals surface area (Å²) in [6.45, 7) is 3.28. The maximum atomic E-state index is 3.57. The molecule has 1 fully saturated rings. The normalized spacial score (nSPS) is 20.6. The molecule has 1 aromatic carbocycles. The van der Waals surface area contributed by atoms with Crippen molar-refractivity contribution in [1.29, 1.82) is 0 Å². The van der Waals surface area contributed by atoms with Crippen molar-refractivity contribution >= 4 is 28.3 Å². The Hall–Kier alpha value is -0.0500. The number of hydrogen-bond donors (Lipinski definition) is 1. The summed E-state index contributed by atoms with van der Waals surface area (Å²) in [5.74, 6) is 0. The van der Waals surface area contributed by atoms with Gasteiger partial charge in [-0.15, -0.1) is 12.4 Å². The van der Waals surface area contributed by atoms with Crippen molar-refractivity contribution in [1.82, 2.24) is 5.32 Å². The molecule has 0 radical (unpaired) electrons. The highest BCUT2D eigenvalue weighted by Crippen LogP contribution is 2.26. The molecule has 1 heterocycles. The molecule has 14 heavy (non-hydrogen) atoms. The van der Waals surface area contributed by atoms with Gasteiger partial charge in [-0.1, -0.05) is 28.1 Å². The van der Waals surface area contributed by atoms with E-state index in [0.29, 0.717) is 6.04 Å². The van der Waals surface area contributed by atoms with E-state index in [4.69, 9.17) is 0 Å². The highest BCUT2D eigenvalue weighted by Gasteiger charge is 2.16. The van der Waals surface area contributed by atoms with Crippen molar-refractivity contribution in [2.45, 2.75) is 25.8 Å². The SMILES string of the molecule is Cc1ccc([C@H]2CCCN2)cc1Br.Cl. The van der Waals surface area contributed by atoms with Gasteiger partial charge < -0.3 is 5.32 Å². The van der Waals surface area contributed by atoms with E-state index in [9.17, 15) is 0 Å². The first kappa shape index (κ1) is 12.0. The van der Waals surface area contributed by atoms with Gasteiger partial charge in [-0.25, -0.2) is 0 Å². The quantitative estimate of drug-likeness (QED) is 0.826. The minimum Gasteiger partial charge on any atom is -0.310 e. The van der Waals surface area contributed by atoms with Crippen LogP contribution in [0.3, 0.4) is 0 Å². The Morgan fingerprint density at radius 1 is 1.43 bits per heavy atom. The predicted molar refractivity (Wildman–Crippen MR) is 66.1 cm³/mol. The van der Waals surface area contributed by atoms with Crippen LogP contribution in [0.25, 0.3) is 0 Å². The summed E-state index contributed by atoms with van der Waals surface area (Å²) in [7, 11) is 0. The summed E-state index contributed by atoms with van der Waals surface area (Å²) >= 11 is 3.57. The highest BCUT2D eigenvalue weighted by molar-refractivity contribution is 9.10. The topological polar surface area (TPSA) is 12.0 Å². The lowest BCUT2D eigenvalue weighted by atomic mass is 10.0. The van der Waals surface area contributed by atoms with Crippen LogP contribution < -0.4 is 5.32 Å². The lowest BCUT2D eigenvalue weighted by Gasteiger charge is -2.11. The molecular formula is C11H15BrClN. The van der Waals surface area contributed by atoms with Crippen molar-refractivity contribution in [3.05, 3.63) is 33.8 Å². The largest absolute Gasteiger partial charge is 0.310 e. The molecule has 1 aromatic rings. The smallest absolute Gasteiger partial charge is 0.0321 e. The molecule has 0 saturated carbocycles. The van der Waals surface area contributed by atoms with Crippen LogP contribution in [0.1, 0.15) is 30.0 Å². The molecule has 0 aliphatic carbocycles. The first-order valence-electron chi connectivity index (χ1n) is 4.77. The Morgan fingerprint density at radius 3 is 2.79 bits per heavy atom. The fraction of sp³-hybridized carbons (Fsp3) is 0.455. The van der Waals surface area contributed by atoms with Crippen LogP contribution >= 0.6 is 28.3 Å². The zero-order valence-corrected chi connectivity index (χ0v) is 10.6. The van der Waals surface area contributed by atoms with Crippen molar-refractivity contribution in [3.63, 3.8) is 0 Å². The van der Waals surface area contributed by atoms with Gasteiger partial charge in [0.25, 0.3) is 0 Å². The zero-order chi connectivity index (χ0) is 9.26. The average Bonchev–Trinajstić information content (AvgIpc) is 2.62. The Labute approximate surface area is 99.8 Å². The summed E-state index contributed by atoms with van der Waals surface area (Å²) in [5.41, 5.74) is 2.72. The summed E-state index contributed by atoms with van der Waals surface area (Å²) in [6, 6.07) is 7.22. The Kier molecular flexibility index (Phi) is 4.42. The van der Waals surface area contributed by atoms with Crippen LogP contribution in [0, 0.1) is 6.92 Å². The van der Waals surface area contributed by atoms with E-state index < -0.39 is 0 Å². The third-order valence-corrected chi connectivity index (χ3v) is 3.51. The van der Waals surface area contributed by atoms with E-state index in [0.717, 1.165) is 6.54 Å². The first-order valence-corrected chi connectivity index (χ1v) is 5.56. The van der Waals surface area contributed by atoms with Gasteiger partial charge in [-0.2, -0.15) is 0 Å². The van der Waals surface area contributed by atoms with Gasteiger partial charge in [0, 0.05) is 10.5 Å². The molecule has 1 saturated heterocycles. The lowest BCUT2D eigenvalue weighted by molar-refractivity contribution is 0.647. The van der Waals surface area contributed by atoms with E-state index in [1.165, 1.54) is 28.4 Å². The summed E-state index contributed by atoms with van der Waals surface area (Å²) < 4.78 is 1.22. The van der Waals surface area contributed by atoms with Crippen LogP contribution in [-0.2, 0) is 0 Å². The molecule has 0 bridgehead atoms. The van der Waals surface area contributed by atoms with Crippen LogP contribution in [-0.4, -0.2) is 6.54 Å². The minimum atomic E-state index is 0. The van der Waals surface area contributed by atoms with Crippen LogP contribution in [0.5, 0.6) is 0 Å². The van der Waals surface area contributed by atoms with Gasteiger partial charge in [0.15, 0.2) is 0 Å². The van der Waals surface area contributed by atoms with Crippen molar-refractivity contribution in [2.75, 3.05) is 6.54 Å². The standard InChI is InChI=1S/C11H14BrN.ClH/c1-8-4-5-9(7-10(8)12)11-3-2-6-13-11;/h4-5,7,11,13H,2-3,6H2,1H3;1H/t11-;/m1./s1. The van der Waals surface area contributed by atoms with E-state index >= 15 is 0 Å². The molecule has 1 aliphatic rings. The van der Waals surface area contributed by atoms with Crippen LogP contribution in [0.4, 0.5) is 0 Å². The number of aryl methyl sites for hydroxylation is 1. The number of hydrogen-bond acceptors (Lipinski definition) is 1. The fourth-order valence-corrected chi connectivity index (χ4v) is 2.19. The second-order valence-corrected chi connectivity index (χ2v) is 4.51. The number of nitrogens with one attached hydrogen (secondary N) is 1. The molecule has 0 spiro atoms. The molecule has 3 heteroatoms. The van der Waals surface area contributed by atoms with Gasteiger partial charge >= 0.3 is 0 Å². The molecule has 2 rings (SSSR count). The molecular weight excluding hydrogens is 261 g/mol. The van der Waals surface area contributed by atoms with Gasteiger partial charge in [0.2, 0.25) is 0 Å². The maximum Gasteiger partial charge on any atom is 0.0321 e. The molecule has 0 amide bonds. The summed E-state index contributed by atoms with van der Waals surface area (Å²) in [6.07, 6.45) is 2.58. The van der Waals surface area contributed by atoms with Crippen molar-refractivity contribution in [3.8, 4) is 0 Å². The van der Waals surface area contributed by atoms with Gasteiger partial charge in [0.05, 0.1) is 0 Å². The Morgan fingerprint density at radius 2 is 2.21 bits per heavy atom. The third-order valence-electron chi connectivity index (χ3n) is 2.66. The van der Waals surface area contributed by atoms with E-state index in [2.05, 4.69) is 46.4 Å².